The van der Waals surface area contributed by atoms with Crippen molar-refractivity contribution in [2.75, 3.05) is 19.0 Å². The van der Waals surface area contributed by atoms with Crippen LogP contribution in [-0.2, 0) is 0 Å². The Morgan fingerprint density at radius 3 is 2.86 bits per heavy atom. The summed E-state index contributed by atoms with van der Waals surface area (Å²) in [4.78, 5) is 0. The minimum atomic E-state index is -0.0631. The first-order valence-corrected chi connectivity index (χ1v) is 4.81. The fourth-order valence-corrected chi connectivity index (χ4v) is 1.48. The molecule has 1 aromatic carbocycles. The minimum absolute atomic E-state index is 0.0631. The van der Waals surface area contributed by atoms with Gasteiger partial charge in [-0.1, -0.05) is 6.07 Å². The molecule has 1 aliphatic carbocycles. The van der Waals surface area contributed by atoms with Gasteiger partial charge in [0.25, 0.3) is 0 Å². The van der Waals surface area contributed by atoms with Crippen molar-refractivity contribution < 1.29 is 9.84 Å². The molecule has 3 nitrogen and oxygen atoms in total. The van der Waals surface area contributed by atoms with Crippen LogP contribution in [0, 0.1) is 0 Å². The molecule has 1 aromatic rings. The summed E-state index contributed by atoms with van der Waals surface area (Å²) in [6, 6.07) is 7.77. The summed E-state index contributed by atoms with van der Waals surface area (Å²) < 4.78 is 5.12. The molecule has 0 aromatic heterocycles. The smallest absolute Gasteiger partial charge is 0.120 e. The molecule has 0 bridgehead atoms. The lowest BCUT2D eigenvalue weighted by Crippen LogP contribution is -2.25. The fourth-order valence-electron chi connectivity index (χ4n) is 1.48. The second-order valence-corrected chi connectivity index (χ2v) is 3.80. The summed E-state index contributed by atoms with van der Waals surface area (Å²) in [5, 5.41) is 12.5. The number of aliphatic hydroxyl groups is 1. The molecule has 0 heterocycles. The Hall–Kier alpha value is -1.22. The van der Waals surface area contributed by atoms with E-state index < -0.39 is 0 Å². The van der Waals surface area contributed by atoms with Crippen molar-refractivity contribution in [3.8, 4) is 5.75 Å². The van der Waals surface area contributed by atoms with E-state index in [-0.39, 0.29) is 12.1 Å². The van der Waals surface area contributed by atoms with Crippen LogP contribution in [0.3, 0.4) is 0 Å². The van der Waals surface area contributed by atoms with Crippen molar-refractivity contribution in [3.63, 3.8) is 0 Å². The highest BCUT2D eigenvalue weighted by Gasteiger charge is 2.41. The molecule has 1 saturated carbocycles. The van der Waals surface area contributed by atoms with Crippen LogP contribution in [0.15, 0.2) is 24.3 Å². The second kappa shape index (κ2) is 3.50. The minimum Gasteiger partial charge on any atom is -0.497 e. The number of anilines is 1. The Balaban J connectivity index is 2.09. The molecule has 76 valence electrons. The molecule has 0 unspecified atom stereocenters. The van der Waals surface area contributed by atoms with Crippen molar-refractivity contribution in [3.05, 3.63) is 24.3 Å². The van der Waals surface area contributed by atoms with Crippen molar-refractivity contribution in [1.82, 2.24) is 0 Å². The van der Waals surface area contributed by atoms with Gasteiger partial charge in [-0.05, 0) is 25.0 Å². The van der Waals surface area contributed by atoms with E-state index in [1.54, 1.807) is 7.11 Å². The zero-order valence-corrected chi connectivity index (χ0v) is 8.29. The summed E-state index contributed by atoms with van der Waals surface area (Å²) in [5.74, 6) is 0.837. The Labute approximate surface area is 83.7 Å². The third-order valence-electron chi connectivity index (χ3n) is 2.64. The molecule has 0 amide bonds. The SMILES string of the molecule is COc1cccc(NC2(CO)CC2)c1. The van der Waals surface area contributed by atoms with Gasteiger partial charge in [-0.15, -0.1) is 0 Å². The average molecular weight is 193 g/mol. The molecular weight excluding hydrogens is 178 g/mol. The third kappa shape index (κ3) is 1.82. The van der Waals surface area contributed by atoms with Crippen molar-refractivity contribution in [2.24, 2.45) is 0 Å². The predicted octanol–water partition coefficient (Wildman–Crippen LogP) is 1.63. The Morgan fingerprint density at radius 1 is 1.50 bits per heavy atom. The van der Waals surface area contributed by atoms with Gasteiger partial charge in [-0.25, -0.2) is 0 Å². The Kier molecular flexibility index (Phi) is 2.33. The summed E-state index contributed by atoms with van der Waals surface area (Å²) in [7, 11) is 1.65. The van der Waals surface area contributed by atoms with Gasteiger partial charge in [0.1, 0.15) is 5.75 Å². The van der Waals surface area contributed by atoms with Crippen molar-refractivity contribution in [1.29, 1.82) is 0 Å². The van der Waals surface area contributed by atoms with Crippen molar-refractivity contribution in [2.45, 2.75) is 18.4 Å². The molecule has 0 atom stereocenters. The van der Waals surface area contributed by atoms with E-state index >= 15 is 0 Å². The van der Waals surface area contributed by atoms with E-state index in [4.69, 9.17) is 9.84 Å². The van der Waals surface area contributed by atoms with Gasteiger partial charge in [0, 0.05) is 11.8 Å². The number of nitrogens with one attached hydrogen (secondary N) is 1. The molecule has 0 spiro atoms. The molecule has 2 rings (SSSR count). The standard InChI is InChI=1S/C11H15NO2/c1-14-10-4-2-3-9(7-10)12-11(8-13)5-6-11/h2-4,7,12-13H,5-6,8H2,1H3. The van der Waals surface area contributed by atoms with Gasteiger partial charge in [0.2, 0.25) is 0 Å². The predicted molar refractivity (Wildman–Crippen MR) is 55.7 cm³/mol. The highest BCUT2D eigenvalue weighted by molar-refractivity contribution is 5.51. The Morgan fingerprint density at radius 2 is 2.29 bits per heavy atom. The van der Waals surface area contributed by atoms with E-state index in [1.165, 1.54) is 0 Å². The van der Waals surface area contributed by atoms with E-state index in [0.717, 1.165) is 24.3 Å². The number of ether oxygens (including phenoxy) is 1. The maximum atomic E-state index is 9.15. The number of hydrogen-bond donors (Lipinski definition) is 2. The number of aliphatic hydroxyl groups excluding tert-OH is 1. The first kappa shape index (κ1) is 9.34. The van der Waals surface area contributed by atoms with Gasteiger partial charge in [-0.3, -0.25) is 0 Å². The summed E-state index contributed by atoms with van der Waals surface area (Å²) in [6.07, 6.45) is 2.08. The first-order chi connectivity index (χ1) is 6.78. The zero-order chi connectivity index (χ0) is 10.0. The van der Waals surface area contributed by atoms with Gasteiger partial charge >= 0.3 is 0 Å². The zero-order valence-electron chi connectivity index (χ0n) is 8.29. The second-order valence-electron chi connectivity index (χ2n) is 3.80. The highest BCUT2D eigenvalue weighted by atomic mass is 16.5. The molecule has 3 heteroatoms. The van der Waals surface area contributed by atoms with Gasteiger partial charge in [-0.2, -0.15) is 0 Å². The molecule has 0 radical (unpaired) electrons. The summed E-state index contributed by atoms with van der Waals surface area (Å²) in [5.41, 5.74) is 0.947. The molecule has 0 aliphatic heterocycles. The van der Waals surface area contributed by atoms with E-state index in [9.17, 15) is 0 Å². The summed E-state index contributed by atoms with van der Waals surface area (Å²) in [6.45, 7) is 0.199. The number of benzene rings is 1. The fraction of sp³-hybridized carbons (Fsp3) is 0.455. The van der Waals surface area contributed by atoms with Crippen LogP contribution in [0.2, 0.25) is 0 Å². The van der Waals surface area contributed by atoms with E-state index in [0.29, 0.717) is 0 Å². The monoisotopic (exact) mass is 193 g/mol. The number of methoxy groups -OCH3 is 1. The van der Waals surface area contributed by atoms with Crippen LogP contribution >= 0.6 is 0 Å². The van der Waals surface area contributed by atoms with Crippen LogP contribution in [0.4, 0.5) is 5.69 Å². The Bertz CT molecular complexity index is 321. The van der Waals surface area contributed by atoms with Crippen LogP contribution in [0.5, 0.6) is 5.75 Å². The van der Waals surface area contributed by atoms with E-state index in [1.807, 2.05) is 24.3 Å². The lowest BCUT2D eigenvalue weighted by Gasteiger charge is -2.16. The van der Waals surface area contributed by atoms with Crippen molar-refractivity contribution >= 4 is 5.69 Å². The van der Waals surface area contributed by atoms with Crippen LogP contribution in [0.25, 0.3) is 0 Å². The van der Waals surface area contributed by atoms with Crippen LogP contribution in [0.1, 0.15) is 12.8 Å². The topological polar surface area (TPSA) is 41.5 Å². The van der Waals surface area contributed by atoms with Crippen LogP contribution < -0.4 is 10.1 Å². The van der Waals surface area contributed by atoms with Gasteiger partial charge < -0.3 is 15.2 Å². The van der Waals surface area contributed by atoms with Gasteiger partial charge in [0.15, 0.2) is 0 Å². The molecular formula is C11H15NO2. The maximum Gasteiger partial charge on any atom is 0.120 e. The molecule has 14 heavy (non-hydrogen) atoms. The lowest BCUT2D eigenvalue weighted by atomic mass is 10.2. The summed E-state index contributed by atoms with van der Waals surface area (Å²) >= 11 is 0. The normalized spacial score (nSPS) is 17.6. The maximum absolute atomic E-state index is 9.15. The van der Waals surface area contributed by atoms with Gasteiger partial charge in [0.05, 0.1) is 19.3 Å². The number of rotatable bonds is 4. The highest BCUT2D eigenvalue weighted by Crippen LogP contribution is 2.38. The third-order valence-corrected chi connectivity index (χ3v) is 2.64. The quantitative estimate of drug-likeness (QED) is 0.763. The molecule has 1 aliphatic rings. The first-order valence-electron chi connectivity index (χ1n) is 4.81. The lowest BCUT2D eigenvalue weighted by molar-refractivity contribution is 0.266. The average Bonchev–Trinajstić information content (AvgIpc) is 2.99. The van der Waals surface area contributed by atoms with E-state index in [2.05, 4.69) is 5.32 Å². The number of hydrogen-bond acceptors (Lipinski definition) is 3. The largest absolute Gasteiger partial charge is 0.497 e. The van der Waals surface area contributed by atoms with Crippen LogP contribution in [-0.4, -0.2) is 24.4 Å². The molecule has 1 fully saturated rings. The molecule has 2 N–H and O–H groups in total. The molecule has 0 saturated heterocycles.